The summed E-state index contributed by atoms with van der Waals surface area (Å²) < 4.78 is 25.1. The quantitative estimate of drug-likeness (QED) is 0.862. The van der Waals surface area contributed by atoms with Crippen LogP contribution in [0, 0.1) is 12.3 Å². The molecule has 1 aromatic carbocycles. The minimum absolute atomic E-state index is 0.0794. The van der Waals surface area contributed by atoms with E-state index in [-0.39, 0.29) is 15.3 Å². The Kier molecular flexibility index (Phi) is 4.52. The van der Waals surface area contributed by atoms with E-state index >= 15 is 0 Å². The van der Waals surface area contributed by atoms with Crippen molar-refractivity contribution in [2.75, 3.05) is 0 Å². The van der Waals surface area contributed by atoms with Gasteiger partial charge < -0.3 is 5.32 Å². The molecule has 4 nitrogen and oxygen atoms in total. The minimum Gasteiger partial charge on any atom is -0.319 e. The lowest BCUT2D eigenvalue weighted by Crippen LogP contribution is -2.22. The van der Waals surface area contributed by atoms with Crippen LogP contribution in [0.1, 0.15) is 26.3 Å². The van der Waals surface area contributed by atoms with Gasteiger partial charge in [-0.15, -0.1) is 0 Å². The Hall–Kier alpha value is -1.62. The summed E-state index contributed by atoms with van der Waals surface area (Å²) >= 11 is 0. The van der Waals surface area contributed by atoms with Crippen molar-refractivity contribution < 1.29 is 13.2 Å². The molecule has 0 aliphatic heterocycles. The normalized spacial score (nSPS) is 13.2. The van der Waals surface area contributed by atoms with Crippen LogP contribution in [0.15, 0.2) is 40.3 Å². The lowest BCUT2D eigenvalue weighted by Gasteiger charge is -2.17. The smallest absolute Gasteiger partial charge is 0.221 e. The van der Waals surface area contributed by atoms with Crippen molar-refractivity contribution in [2.45, 2.75) is 32.6 Å². The summed E-state index contributed by atoms with van der Waals surface area (Å²) in [5.74, 6) is 0. The predicted octanol–water partition coefficient (Wildman–Crippen LogP) is 2.40. The van der Waals surface area contributed by atoms with E-state index in [2.05, 4.69) is 5.32 Å². The first kappa shape index (κ1) is 15.4. The summed E-state index contributed by atoms with van der Waals surface area (Å²) in [6.45, 7) is 7.33. The summed E-state index contributed by atoms with van der Waals surface area (Å²) in [6.07, 6.45) is 1.93. The van der Waals surface area contributed by atoms with E-state index < -0.39 is 9.84 Å². The molecule has 5 heteroatoms. The van der Waals surface area contributed by atoms with Gasteiger partial charge in [-0.2, -0.15) is 0 Å². The van der Waals surface area contributed by atoms with Crippen LogP contribution in [0.3, 0.4) is 0 Å². The zero-order chi connectivity index (χ0) is 14.7. The second kappa shape index (κ2) is 5.57. The van der Waals surface area contributed by atoms with Crippen LogP contribution in [0.4, 0.5) is 0 Å². The summed E-state index contributed by atoms with van der Waals surface area (Å²) in [6, 6.07) is 6.69. The summed E-state index contributed by atoms with van der Waals surface area (Å²) in [7, 11) is -3.71. The number of hydrogen-bond acceptors (Lipinski definition) is 3. The average molecular weight is 281 g/mol. The number of hydrogen-bond donors (Lipinski definition) is 1. The molecule has 0 radical (unpaired) electrons. The second-order valence-electron chi connectivity index (χ2n) is 5.41. The van der Waals surface area contributed by atoms with Gasteiger partial charge >= 0.3 is 0 Å². The Morgan fingerprint density at radius 3 is 2.26 bits per heavy atom. The standard InChI is InChI=1S/C14H19NO3S/c1-11-7-5-6-8-12(11)19(17,18)13(15-10-16)9-14(2,3)4/h5-10H,1-4H3,(H,15,16)/b13-9-. The van der Waals surface area contributed by atoms with Crippen molar-refractivity contribution in [3.63, 3.8) is 0 Å². The molecule has 0 unspecified atom stereocenters. The van der Waals surface area contributed by atoms with Gasteiger partial charge in [0.05, 0.1) is 4.90 Å². The van der Waals surface area contributed by atoms with Crippen LogP contribution in [-0.2, 0) is 14.6 Å². The number of carbonyl (C=O) groups is 1. The molecular weight excluding hydrogens is 262 g/mol. The van der Waals surface area contributed by atoms with Crippen LogP contribution in [0.5, 0.6) is 0 Å². The molecule has 0 bridgehead atoms. The van der Waals surface area contributed by atoms with Gasteiger partial charge in [0.1, 0.15) is 5.03 Å². The van der Waals surface area contributed by atoms with Crippen molar-refractivity contribution >= 4 is 16.2 Å². The number of benzene rings is 1. The molecule has 0 saturated heterocycles. The summed E-state index contributed by atoms with van der Waals surface area (Å²) in [5.41, 5.74) is 0.288. The molecule has 0 fully saturated rings. The molecule has 0 aliphatic rings. The number of nitrogens with one attached hydrogen (secondary N) is 1. The van der Waals surface area contributed by atoms with Crippen LogP contribution in [-0.4, -0.2) is 14.8 Å². The number of aryl methyl sites for hydroxylation is 1. The molecule has 0 atom stereocenters. The largest absolute Gasteiger partial charge is 0.319 e. The van der Waals surface area contributed by atoms with Gasteiger partial charge in [-0.3, -0.25) is 4.79 Å². The highest BCUT2D eigenvalue weighted by Gasteiger charge is 2.24. The van der Waals surface area contributed by atoms with Gasteiger partial charge in [0.2, 0.25) is 16.2 Å². The number of carbonyl (C=O) groups excluding carboxylic acids is 1. The van der Waals surface area contributed by atoms with Gasteiger partial charge in [-0.05, 0) is 30.0 Å². The molecule has 0 spiro atoms. The fraction of sp³-hybridized carbons (Fsp3) is 0.357. The van der Waals surface area contributed by atoms with Crippen LogP contribution >= 0.6 is 0 Å². The van der Waals surface area contributed by atoms with E-state index in [1.165, 1.54) is 6.07 Å². The Bertz CT molecular complexity index is 595. The van der Waals surface area contributed by atoms with Crippen LogP contribution in [0.25, 0.3) is 0 Å². The molecule has 1 aromatic rings. The number of sulfone groups is 1. The van der Waals surface area contributed by atoms with E-state index in [0.29, 0.717) is 12.0 Å². The second-order valence-corrected chi connectivity index (χ2v) is 7.29. The molecule has 0 saturated carbocycles. The maximum absolute atomic E-state index is 12.5. The summed E-state index contributed by atoms with van der Waals surface area (Å²) in [4.78, 5) is 10.9. The molecular formula is C14H19NO3S. The lowest BCUT2D eigenvalue weighted by atomic mass is 9.97. The fourth-order valence-electron chi connectivity index (χ4n) is 1.62. The van der Waals surface area contributed by atoms with Crippen molar-refractivity contribution in [2.24, 2.45) is 5.41 Å². The maximum atomic E-state index is 12.5. The molecule has 0 aromatic heterocycles. The third kappa shape index (κ3) is 3.92. The average Bonchev–Trinajstić information content (AvgIpc) is 2.27. The van der Waals surface area contributed by atoms with Crippen LogP contribution < -0.4 is 5.32 Å². The van der Waals surface area contributed by atoms with Crippen molar-refractivity contribution in [1.29, 1.82) is 0 Å². The molecule has 0 heterocycles. The van der Waals surface area contributed by atoms with Gasteiger partial charge in [0, 0.05) is 0 Å². The summed E-state index contributed by atoms with van der Waals surface area (Å²) in [5, 5.41) is 2.22. The highest BCUT2D eigenvalue weighted by Crippen LogP contribution is 2.25. The third-order valence-corrected chi connectivity index (χ3v) is 4.29. The van der Waals surface area contributed by atoms with E-state index in [1.54, 1.807) is 31.2 Å². The predicted molar refractivity (Wildman–Crippen MR) is 75.1 cm³/mol. The molecule has 19 heavy (non-hydrogen) atoms. The first-order valence-electron chi connectivity index (χ1n) is 5.92. The third-order valence-electron chi connectivity index (χ3n) is 2.44. The Labute approximate surface area is 114 Å². The fourth-order valence-corrected chi connectivity index (χ4v) is 3.32. The van der Waals surface area contributed by atoms with E-state index in [1.807, 2.05) is 20.8 Å². The van der Waals surface area contributed by atoms with E-state index in [4.69, 9.17) is 0 Å². The van der Waals surface area contributed by atoms with E-state index in [0.717, 1.165) is 0 Å². The molecule has 104 valence electrons. The molecule has 1 N–H and O–H groups in total. The SMILES string of the molecule is Cc1ccccc1S(=O)(=O)/C(=C\C(C)(C)C)NC=O. The molecule has 1 rings (SSSR count). The highest BCUT2D eigenvalue weighted by atomic mass is 32.2. The van der Waals surface area contributed by atoms with Crippen molar-refractivity contribution in [3.05, 3.63) is 40.9 Å². The first-order valence-corrected chi connectivity index (χ1v) is 7.40. The van der Waals surface area contributed by atoms with Gasteiger partial charge in [0.15, 0.2) is 0 Å². The molecule has 0 aliphatic carbocycles. The zero-order valence-electron chi connectivity index (χ0n) is 11.6. The Balaban J connectivity index is 3.42. The van der Waals surface area contributed by atoms with Crippen LogP contribution in [0.2, 0.25) is 0 Å². The van der Waals surface area contributed by atoms with Gasteiger partial charge in [-0.1, -0.05) is 39.0 Å². The maximum Gasteiger partial charge on any atom is 0.221 e. The first-order chi connectivity index (χ1) is 8.68. The lowest BCUT2D eigenvalue weighted by molar-refractivity contribution is -0.108. The van der Waals surface area contributed by atoms with E-state index in [9.17, 15) is 13.2 Å². The monoisotopic (exact) mass is 281 g/mol. The topological polar surface area (TPSA) is 63.2 Å². The highest BCUT2D eigenvalue weighted by molar-refractivity contribution is 7.95. The number of amides is 1. The number of allylic oxidation sites excluding steroid dienone is 1. The Morgan fingerprint density at radius 2 is 1.79 bits per heavy atom. The minimum atomic E-state index is -3.71. The van der Waals surface area contributed by atoms with Gasteiger partial charge in [-0.25, -0.2) is 8.42 Å². The zero-order valence-corrected chi connectivity index (χ0v) is 12.4. The number of rotatable bonds is 4. The van der Waals surface area contributed by atoms with Gasteiger partial charge in [0.25, 0.3) is 0 Å². The van der Waals surface area contributed by atoms with Crippen molar-refractivity contribution in [3.8, 4) is 0 Å². The van der Waals surface area contributed by atoms with Crippen molar-refractivity contribution in [1.82, 2.24) is 5.32 Å². The Morgan fingerprint density at radius 1 is 1.21 bits per heavy atom. The molecule has 1 amide bonds.